The molecular formula is C25H27N5O3. The second-order valence-electron chi connectivity index (χ2n) is 8.18. The monoisotopic (exact) mass is 445 g/mol. The van der Waals surface area contributed by atoms with Crippen molar-refractivity contribution in [3.05, 3.63) is 65.5 Å². The van der Waals surface area contributed by atoms with Gasteiger partial charge in [0.25, 0.3) is 5.91 Å². The summed E-state index contributed by atoms with van der Waals surface area (Å²) in [5.74, 6) is 1.75. The van der Waals surface area contributed by atoms with E-state index in [1.54, 1.807) is 12.1 Å². The number of hydrogen-bond donors (Lipinski definition) is 0. The topological polar surface area (TPSA) is 95.5 Å². The average Bonchev–Trinajstić information content (AvgIpc) is 3.34. The van der Waals surface area contributed by atoms with Crippen molar-refractivity contribution in [3.63, 3.8) is 0 Å². The van der Waals surface area contributed by atoms with Crippen LogP contribution in [0.4, 0.5) is 0 Å². The zero-order valence-corrected chi connectivity index (χ0v) is 18.9. The maximum atomic E-state index is 12.6. The van der Waals surface area contributed by atoms with Crippen LogP contribution in [0.5, 0.6) is 5.75 Å². The Labute approximate surface area is 193 Å². The lowest BCUT2D eigenvalue weighted by Crippen LogP contribution is -2.50. The Morgan fingerprint density at radius 1 is 1.12 bits per heavy atom. The molecule has 0 aliphatic carbocycles. The Balaban J connectivity index is 1.26. The predicted molar refractivity (Wildman–Crippen MR) is 122 cm³/mol. The Hall–Kier alpha value is -3.70. The third-order valence-corrected chi connectivity index (χ3v) is 5.89. The van der Waals surface area contributed by atoms with E-state index in [1.165, 1.54) is 5.56 Å². The van der Waals surface area contributed by atoms with Crippen molar-refractivity contribution >= 4 is 5.91 Å². The maximum absolute atomic E-state index is 12.6. The van der Waals surface area contributed by atoms with E-state index in [4.69, 9.17) is 14.5 Å². The van der Waals surface area contributed by atoms with Crippen LogP contribution in [0.1, 0.15) is 30.0 Å². The van der Waals surface area contributed by atoms with Gasteiger partial charge in [-0.15, -0.1) is 0 Å². The number of carbonyl (C=O) groups excluding carboxylic acids is 1. The summed E-state index contributed by atoms with van der Waals surface area (Å²) >= 11 is 0. The first-order valence-corrected chi connectivity index (χ1v) is 11.0. The van der Waals surface area contributed by atoms with Gasteiger partial charge in [-0.05, 0) is 31.5 Å². The Morgan fingerprint density at radius 3 is 2.48 bits per heavy atom. The van der Waals surface area contributed by atoms with Crippen molar-refractivity contribution in [2.45, 2.75) is 26.3 Å². The summed E-state index contributed by atoms with van der Waals surface area (Å²) < 4.78 is 11.2. The Bertz CT molecular complexity index is 1110. The molecule has 0 saturated carbocycles. The predicted octanol–water partition coefficient (Wildman–Crippen LogP) is 3.40. The van der Waals surface area contributed by atoms with Gasteiger partial charge in [0.1, 0.15) is 5.75 Å². The summed E-state index contributed by atoms with van der Waals surface area (Å²) in [6, 6.07) is 17.4. The molecule has 1 aromatic heterocycles. The van der Waals surface area contributed by atoms with Gasteiger partial charge < -0.3 is 14.2 Å². The second kappa shape index (κ2) is 10.3. The highest BCUT2D eigenvalue weighted by molar-refractivity contribution is 5.77. The summed E-state index contributed by atoms with van der Waals surface area (Å²) in [5, 5.41) is 12.9. The normalized spacial score (nSPS) is 15.1. The van der Waals surface area contributed by atoms with E-state index in [1.807, 2.05) is 55.1 Å². The molecule has 4 rings (SSSR count). The van der Waals surface area contributed by atoms with Crippen molar-refractivity contribution in [2.24, 2.45) is 0 Å². The summed E-state index contributed by atoms with van der Waals surface area (Å²) in [7, 11) is 0. The largest absolute Gasteiger partial charge is 0.484 e. The fraction of sp³-hybridized carbons (Fsp3) is 0.360. The molecule has 0 radical (unpaired) electrons. The van der Waals surface area contributed by atoms with Gasteiger partial charge in [0.2, 0.25) is 11.7 Å². The minimum atomic E-state index is -0.0390. The summed E-state index contributed by atoms with van der Waals surface area (Å²) in [5.41, 5.74) is 3.04. The van der Waals surface area contributed by atoms with Crippen molar-refractivity contribution in [2.75, 3.05) is 32.8 Å². The molecule has 2 aromatic carbocycles. The minimum Gasteiger partial charge on any atom is -0.484 e. The van der Waals surface area contributed by atoms with Crippen LogP contribution in [-0.4, -0.2) is 58.6 Å². The average molecular weight is 446 g/mol. The molecule has 170 valence electrons. The van der Waals surface area contributed by atoms with E-state index in [-0.39, 0.29) is 18.6 Å². The highest BCUT2D eigenvalue weighted by atomic mass is 16.5. The number of nitrogens with zero attached hydrogens (tertiary/aromatic N) is 5. The summed E-state index contributed by atoms with van der Waals surface area (Å²) in [4.78, 5) is 21.2. The molecule has 0 N–H and O–H groups in total. The number of ether oxygens (including phenoxy) is 1. The number of piperazine rings is 1. The van der Waals surface area contributed by atoms with Crippen LogP contribution in [0.2, 0.25) is 0 Å². The number of aromatic nitrogens is 2. The minimum absolute atomic E-state index is 0.00325. The number of hydrogen-bond acceptors (Lipinski definition) is 7. The van der Waals surface area contributed by atoms with Crippen molar-refractivity contribution in [3.8, 4) is 23.2 Å². The molecule has 0 spiro atoms. The third kappa shape index (κ3) is 5.57. The smallest absolute Gasteiger partial charge is 0.260 e. The fourth-order valence-corrected chi connectivity index (χ4v) is 3.77. The van der Waals surface area contributed by atoms with Crippen molar-refractivity contribution < 1.29 is 14.1 Å². The van der Waals surface area contributed by atoms with Crippen LogP contribution in [0.3, 0.4) is 0 Å². The van der Waals surface area contributed by atoms with Gasteiger partial charge in [0, 0.05) is 31.7 Å². The van der Waals surface area contributed by atoms with Crippen molar-refractivity contribution in [1.29, 1.82) is 5.26 Å². The first kappa shape index (κ1) is 22.5. The lowest BCUT2D eigenvalue weighted by Gasteiger charge is -2.36. The summed E-state index contributed by atoms with van der Waals surface area (Å²) in [6.45, 7) is 6.76. The van der Waals surface area contributed by atoms with E-state index in [9.17, 15) is 4.79 Å². The number of carbonyl (C=O) groups is 1. The van der Waals surface area contributed by atoms with E-state index >= 15 is 0 Å². The number of benzene rings is 2. The van der Waals surface area contributed by atoms with Gasteiger partial charge in [0.15, 0.2) is 6.61 Å². The van der Waals surface area contributed by atoms with Crippen LogP contribution in [0.15, 0.2) is 53.1 Å². The van der Waals surface area contributed by atoms with Crippen LogP contribution >= 0.6 is 0 Å². The molecule has 8 heteroatoms. The molecule has 3 aromatic rings. The fourth-order valence-electron chi connectivity index (χ4n) is 3.77. The van der Waals surface area contributed by atoms with Crippen LogP contribution < -0.4 is 4.74 Å². The van der Waals surface area contributed by atoms with E-state index in [2.05, 4.69) is 21.1 Å². The van der Waals surface area contributed by atoms with Crippen LogP contribution in [-0.2, 0) is 11.2 Å². The molecule has 33 heavy (non-hydrogen) atoms. The van der Waals surface area contributed by atoms with Crippen LogP contribution in [0.25, 0.3) is 11.4 Å². The zero-order chi connectivity index (χ0) is 23.2. The van der Waals surface area contributed by atoms with Gasteiger partial charge in [-0.3, -0.25) is 9.69 Å². The lowest BCUT2D eigenvalue weighted by atomic mass is 10.1. The molecule has 1 aliphatic rings. The van der Waals surface area contributed by atoms with Crippen molar-refractivity contribution in [1.82, 2.24) is 19.9 Å². The molecular weight excluding hydrogens is 418 g/mol. The Morgan fingerprint density at radius 2 is 1.82 bits per heavy atom. The first-order chi connectivity index (χ1) is 16.0. The molecule has 1 fully saturated rings. The zero-order valence-electron chi connectivity index (χ0n) is 18.9. The SMILES string of the molecule is Cc1ccc(-c2noc(C(C)N3CCN(C(=O)COc4ccc(CC#N)cc4)CC3)n2)cc1. The highest BCUT2D eigenvalue weighted by Gasteiger charge is 2.28. The van der Waals surface area contributed by atoms with E-state index < -0.39 is 0 Å². The molecule has 1 atom stereocenters. The van der Waals surface area contributed by atoms with Gasteiger partial charge >= 0.3 is 0 Å². The molecule has 8 nitrogen and oxygen atoms in total. The molecule has 0 bridgehead atoms. The van der Waals surface area contributed by atoms with Gasteiger partial charge in [-0.2, -0.15) is 10.2 Å². The number of rotatable bonds is 7. The quantitative estimate of drug-likeness (QED) is 0.550. The van der Waals surface area contributed by atoms with Gasteiger partial charge in [-0.1, -0.05) is 47.1 Å². The number of amides is 1. The Kier molecular flexibility index (Phi) is 7.01. The molecule has 1 unspecified atom stereocenters. The summed E-state index contributed by atoms with van der Waals surface area (Å²) in [6.07, 6.45) is 0.360. The second-order valence-corrected chi connectivity index (χ2v) is 8.18. The van der Waals surface area contributed by atoms with E-state index in [0.29, 0.717) is 37.0 Å². The number of nitriles is 1. The van der Waals surface area contributed by atoms with E-state index in [0.717, 1.165) is 24.2 Å². The lowest BCUT2D eigenvalue weighted by molar-refractivity contribution is -0.135. The number of aryl methyl sites for hydroxylation is 1. The molecule has 1 amide bonds. The highest BCUT2D eigenvalue weighted by Crippen LogP contribution is 2.24. The standard InChI is InChI=1S/C25H27N5O3/c1-18-3-7-21(8-4-18)24-27-25(33-28-24)19(2)29-13-15-30(16-14-29)23(31)17-32-22-9-5-20(6-10-22)11-12-26/h3-10,19H,11,13-17H2,1-2H3. The van der Waals surface area contributed by atoms with Gasteiger partial charge in [-0.25, -0.2) is 0 Å². The first-order valence-electron chi connectivity index (χ1n) is 11.0. The maximum Gasteiger partial charge on any atom is 0.260 e. The molecule has 2 heterocycles. The molecule has 1 aliphatic heterocycles. The third-order valence-electron chi connectivity index (χ3n) is 5.89. The van der Waals surface area contributed by atoms with Crippen LogP contribution in [0, 0.1) is 18.3 Å². The van der Waals surface area contributed by atoms with Gasteiger partial charge in [0.05, 0.1) is 18.5 Å². The molecule has 1 saturated heterocycles.